The van der Waals surface area contributed by atoms with Gasteiger partial charge < -0.3 is 5.11 Å². The molecule has 2 unspecified atom stereocenters. The molecule has 16 heavy (non-hydrogen) atoms. The van der Waals surface area contributed by atoms with E-state index in [4.69, 9.17) is 0 Å². The fraction of sp³-hybridized carbons (Fsp3) is 0.833. The van der Waals surface area contributed by atoms with E-state index in [-0.39, 0.29) is 6.10 Å². The van der Waals surface area contributed by atoms with Crippen molar-refractivity contribution in [3.8, 4) is 0 Å². The predicted octanol–water partition coefficient (Wildman–Crippen LogP) is 1.78. The summed E-state index contributed by atoms with van der Waals surface area (Å²) in [6.45, 7) is 3.07. The maximum absolute atomic E-state index is 9.93. The molecule has 90 valence electrons. The van der Waals surface area contributed by atoms with Crippen LogP contribution < -0.4 is 0 Å². The lowest BCUT2D eigenvalue weighted by Crippen LogP contribution is -2.27. The van der Waals surface area contributed by atoms with E-state index in [1.807, 2.05) is 4.68 Å². The Morgan fingerprint density at radius 1 is 1.44 bits per heavy atom. The summed E-state index contributed by atoms with van der Waals surface area (Å²) in [6.07, 6.45) is 7.92. The van der Waals surface area contributed by atoms with Gasteiger partial charge in [-0.15, -0.1) is 0 Å². The van der Waals surface area contributed by atoms with E-state index in [1.165, 1.54) is 12.8 Å². The molecule has 0 saturated heterocycles. The summed E-state index contributed by atoms with van der Waals surface area (Å²) in [5.74, 6) is 1.42. The average molecular weight is 223 g/mol. The van der Waals surface area contributed by atoms with Gasteiger partial charge in [-0.05, 0) is 25.2 Å². The van der Waals surface area contributed by atoms with Crippen molar-refractivity contribution in [2.75, 3.05) is 0 Å². The number of rotatable bonds is 4. The molecule has 0 aliphatic heterocycles. The third-order valence-corrected chi connectivity index (χ3v) is 3.44. The highest BCUT2D eigenvalue weighted by atomic mass is 16.3. The van der Waals surface area contributed by atoms with Crippen LogP contribution in [-0.4, -0.2) is 26.0 Å². The third-order valence-electron chi connectivity index (χ3n) is 3.44. The summed E-state index contributed by atoms with van der Waals surface area (Å²) in [6, 6.07) is 0. The van der Waals surface area contributed by atoms with Crippen molar-refractivity contribution in [3.05, 3.63) is 12.2 Å². The van der Waals surface area contributed by atoms with E-state index in [0.29, 0.717) is 5.92 Å². The Labute approximate surface area is 96.7 Å². The number of aliphatic hydroxyl groups is 1. The van der Waals surface area contributed by atoms with Crippen molar-refractivity contribution < 1.29 is 5.11 Å². The molecule has 1 N–H and O–H groups in total. The predicted molar refractivity (Wildman–Crippen MR) is 62.0 cm³/mol. The first-order valence-corrected chi connectivity index (χ1v) is 6.36. The Morgan fingerprint density at radius 2 is 2.25 bits per heavy atom. The summed E-state index contributed by atoms with van der Waals surface area (Å²) in [5, 5.41) is 14.2. The van der Waals surface area contributed by atoms with Crippen molar-refractivity contribution >= 4 is 0 Å². The lowest BCUT2D eigenvalue weighted by Gasteiger charge is -2.27. The van der Waals surface area contributed by atoms with E-state index >= 15 is 0 Å². The Balaban J connectivity index is 1.99. The van der Waals surface area contributed by atoms with Crippen LogP contribution in [0.3, 0.4) is 0 Å². The number of aryl methyl sites for hydroxylation is 1. The SMILES string of the molecule is CCCn1ncnc1CC1CCCCC1O. The van der Waals surface area contributed by atoms with Gasteiger partial charge in [0.15, 0.2) is 0 Å². The number of aromatic nitrogens is 3. The van der Waals surface area contributed by atoms with Gasteiger partial charge in [0.25, 0.3) is 0 Å². The molecule has 1 saturated carbocycles. The summed E-state index contributed by atoms with van der Waals surface area (Å²) < 4.78 is 1.97. The zero-order valence-corrected chi connectivity index (χ0v) is 9.97. The van der Waals surface area contributed by atoms with Gasteiger partial charge in [-0.1, -0.05) is 19.8 Å². The molecule has 1 fully saturated rings. The van der Waals surface area contributed by atoms with E-state index in [1.54, 1.807) is 6.33 Å². The molecule has 4 nitrogen and oxygen atoms in total. The quantitative estimate of drug-likeness (QED) is 0.846. The lowest BCUT2D eigenvalue weighted by atomic mass is 9.84. The van der Waals surface area contributed by atoms with Crippen molar-refractivity contribution in [1.29, 1.82) is 0 Å². The molecule has 2 rings (SSSR count). The first kappa shape index (κ1) is 11.6. The molecule has 0 spiro atoms. The second-order valence-electron chi connectivity index (χ2n) is 4.72. The van der Waals surface area contributed by atoms with Gasteiger partial charge in [0.2, 0.25) is 0 Å². The summed E-state index contributed by atoms with van der Waals surface area (Å²) in [5.41, 5.74) is 0. The molecule has 1 aromatic heterocycles. The monoisotopic (exact) mass is 223 g/mol. The fourth-order valence-corrected chi connectivity index (χ4v) is 2.51. The van der Waals surface area contributed by atoms with Crippen LogP contribution in [-0.2, 0) is 13.0 Å². The van der Waals surface area contributed by atoms with Crippen molar-refractivity contribution in [2.45, 2.75) is 58.1 Å². The molecule has 1 aliphatic carbocycles. The van der Waals surface area contributed by atoms with E-state index in [0.717, 1.165) is 38.1 Å². The van der Waals surface area contributed by atoms with Gasteiger partial charge in [-0.3, -0.25) is 4.68 Å². The zero-order valence-electron chi connectivity index (χ0n) is 9.97. The van der Waals surface area contributed by atoms with Crippen LogP contribution in [0.15, 0.2) is 6.33 Å². The lowest BCUT2D eigenvalue weighted by molar-refractivity contribution is 0.0684. The van der Waals surface area contributed by atoms with Gasteiger partial charge in [0.05, 0.1) is 6.10 Å². The van der Waals surface area contributed by atoms with E-state index < -0.39 is 0 Å². The van der Waals surface area contributed by atoms with Crippen LogP contribution in [0.2, 0.25) is 0 Å². The molecular weight excluding hydrogens is 202 g/mol. The molecular formula is C12H21N3O. The minimum absolute atomic E-state index is 0.138. The first-order valence-electron chi connectivity index (χ1n) is 6.36. The molecule has 0 bridgehead atoms. The molecule has 0 amide bonds. The van der Waals surface area contributed by atoms with Gasteiger partial charge in [-0.2, -0.15) is 5.10 Å². The Bertz CT molecular complexity index is 324. The number of aliphatic hydroxyl groups excluding tert-OH is 1. The van der Waals surface area contributed by atoms with E-state index in [9.17, 15) is 5.11 Å². The first-order chi connectivity index (χ1) is 7.81. The number of hydrogen-bond acceptors (Lipinski definition) is 3. The standard InChI is InChI=1S/C12H21N3O/c1-2-7-15-12(13-9-14-15)8-10-5-3-4-6-11(10)16/h9-11,16H,2-8H2,1H3. The highest BCUT2D eigenvalue weighted by molar-refractivity contribution is 4.90. The highest BCUT2D eigenvalue weighted by Crippen LogP contribution is 2.26. The molecule has 0 aromatic carbocycles. The molecule has 1 aromatic rings. The van der Waals surface area contributed by atoms with Crippen molar-refractivity contribution in [1.82, 2.24) is 14.8 Å². The minimum atomic E-state index is -0.138. The normalized spacial score (nSPS) is 25.9. The van der Waals surface area contributed by atoms with Gasteiger partial charge in [0, 0.05) is 13.0 Å². The largest absolute Gasteiger partial charge is 0.393 e. The maximum atomic E-state index is 9.93. The molecule has 1 heterocycles. The summed E-state index contributed by atoms with van der Waals surface area (Å²) >= 11 is 0. The van der Waals surface area contributed by atoms with Crippen LogP contribution in [0.1, 0.15) is 44.9 Å². The molecule has 4 heteroatoms. The summed E-state index contributed by atoms with van der Waals surface area (Å²) in [4.78, 5) is 4.30. The average Bonchev–Trinajstić information content (AvgIpc) is 2.70. The Hall–Kier alpha value is -0.900. The topological polar surface area (TPSA) is 50.9 Å². The van der Waals surface area contributed by atoms with Gasteiger partial charge in [0.1, 0.15) is 12.2 Å². The van der Waals surface area contributed by atoms with Crippen LogP contribution >= 0.6 is 0 Å². The minimum Gasteiger partial charge on any atom is -0.393 e. The van der Waals surface area contributed by atoms with Crippen molar-refractivity contribution in [3.63, 3.8) is 0 Å². The van der Waals surface area contributed by atoms with Gasteiger partial charge in [-0.25, -0.2) is 4.98 Å². The van der Waals surface area contributed by atoms with Crippen LogP contribution in [0.5, 0.6) is 0 Å². The summed E-state index contributed by atoms with van der Waals surface area (Å²) in [7, 11) is 0. The van der Waals surface area contributed by atoms with Gasteiger partial charge >= 0.3 is 0 Å². The smallest absolute Gasteiger partial charge is 0.138 e. The van der Waals surface area contributed by atoms with Crippen molar-refractivity contribution in [2.24, 2.45) is 5.92 Å². The number of hydrogen-bond donors (Lipinski definition) is 1. The third kappa shape index (κ3) is 2.61. The highest BCUT2D eigenvalue weighted by Gasteiger charge is 2.24. The maximum Gasteiger partial charge on any atom is 0.138 e. The van der Waals surface area contributed by atoms with Crippen LogP contribution in [0.25, 0.3) is 0 Å². The number of nitrogens with zero attached hydrogens (tertiary/aromatic N) is 3. The van der Waals surface area contributed by atoms with Crippen LogP contribution in [0.4, 0.5) is 0 Å². The van der Waals surface area contributed by atoms with E-state index in [2.05, 4.69) is 17.0 Å². The molecule has 2 atom stereocenters. The second-order valence-corrected chi connectivity index (χ2v) is 4.72. The zero-order chi connectivity index (χ0) is 11.4. The fourth-order valence-electron chi connectivity index (χ4n) is 2.51. The Morgan fingerprint density at radius 3 is 3.00 bits per heavy atom. The van der Waals surface area contributed by atoms with Crippen LogP contribution in [0, 0.1) is 5.92 Å². The Kier molecular flexibility index (Phi) is 3.93. The molecule has 1 aliphatic rings. The molecule has 0 radical (unpaired) electrons. The second kappa shape index (κ2) is 5.43.